The number of hydrogen-bond donors (Lipinski definition) is 0. The Bertz CT molecular complexity index is 1290. The summed E-state index contributed by atoms with van der Waals surface area (Å²) in [5.74, 6) is 2.22. The minimum Gasteiger partial charge on any atom is -0.362 e. The van der Waals surface area contributed by atoms with Gasteiger partial charge in [0.1, 0.15) is 34.0 Å². The van der Waals surface area contributed by atoms with Crippen molar-refractivity contribution in [1.29, 1.82) is 0 Å². The Balaban J connectivity index is 0.000000142. The van der Waals surface area contributed by atoms with Crippen LogP contribution < -0.4 is 9.80 Å². The molecule has 4 heterocycles. The van der Waals surface area contributed by atoms with Crippen LogP contribution in [0.15, 0.2) is 12.7 Å². The lowest BCUT2D eigenvalue weighted by Crippen LogP contribution is -2.23. The molecule has 0 aliphatic heterocycles. The fraction of sp³-hybridized carbons (Fsp3) is 0.538. The van der Waals surface area contributed by atoms with Crippen LogP contribution in [-0.4, -0.2) is 47.1 Å². The number of hydrogen-bond acceptors (Lipinski definition) is 8. The molecule has 0 amide bonds. The maximum atomic E-state index is 4.55. The van der Waals surface area contributed by atoms with Crippen molar-refractivity contribution in [3.8, 4) is 0 Å². The maximum Gasteiger partial charge on any atom is 0.141 e. The predicted octanol–water partition coefficient (Wildman–Crippen LogP) is 6.05. The minimum atomic E-state index is 1.01. The van der Waals surface area contributed by atoms with Gasteiger partial charge >= 0.3 is 0 Å². The monoisotopic (exact) mass is 494 g/mol. The van der Waals surface area contributed by atoms with Gasteiger partial charge in [-0.1, -0.05) is 0 Å². The molecule has 0 radical (unpaired) electrons. The zero-order valence-corrected chi connectivity index (χ0v) is 22.4. The second kappa shape index (κ2) is 10.1. The van der Waals surface area contributed by atoms with Crippen LogP contribution >= 0.6 is 22.7 Å². The predicted molar refractivity (Wildman–Crippen MR) is 146 cm³/mol. The van der Waals surface area contributed by atoms with Crippen molar-refractivity contribution in [1.82, 2.24) is 19.9 Å². The summed E-state index contributed by atoms with van der Waals surface area (Å²) < 4.78 is 0. The van der Waals surface area contributed by atoms with Crippen LogP contribution in [0.3, 0.4) is 0 Å². The maximum absolute atomic E-state index is 4.55. The van der Waals surface area contributed by atoms with Gasteiger partial charge in [-0.3, -0.25) is 0 Å². The summed E-state index contributed by atoms with van der Waals surface area (Å²) >= 11 is 3.73. The molecule has 4 aromatic heterocycles. The first-order chi connectivity index (χ1) is 16.6. The molecule has 34 heavy (non-hydrogen) atoms. The molecular formula is C26H34N6S2. The second-order valence-corrected chi connectivity index (χ2v) is 11.4. The normalized spacial score (nSPS) is 14.9. The Morgan fingerprint density at radius 1 is 0.676 bits per heavy atom. The summed E-state index contributed by atoms with van der Waals surface area (Å²) in [6.45, 7) is 6.40. The third kappa shape index (κ3) is 4.26. The summed E-state index contributed by atoms with van der Waals surface area (Å²) in [5, 5.41) is 2.63. The van der Waals surface area contributed by atoms with E-state index in [0.29, 0.717) is 0 Å². The molecule has 0 bridgehead atoms. The Morgan fingerprint density at radius 3 is 1.65 bits per heavy atom. The van der Waals surface area contributed by atoms with Gasteiger partial charge < -0.3 is 9.80 Å². The minimum absolute atomic E-state index is 1.01. The lowest BCUT2D eigenvalue weighted by molar-refractivity contribution is 0.700. The molecule has 0 saturated heterocycles. The largest absolute Gasteiger partial charge is 0.362 e. The molecule has 4 aromatic rings. The van der Waals surface area contributed by atoms with Gasteiger partial charge in [-0.05, 0) is 76.3 Å². The molecule has 180 valence electrons. The van der Waals surface area contributed by atoms with Crippen molar-refractivity contribution in [2.24, 2.45) is 0 Å². The van der Waals surface area contributed by atoms with Gasteiger partial charge in [0, 0.05) is 36.9 Å². The summed E-state index contributed by atoms with van der Waals surface area (Å²) in [5.41, 5.74) is 3.04. The molecule has 6 nitrogen and oxygen atoms in total. The van der Waals surface area contributed by atoms with Crippen molar-refractivity contribution in [2.75, 3.05) is 37.0 Å². The highest BCUT2D eigenvalue weighted by atomic mass is 32.1. The van der Waals surface area contributed by atoms with Gasteiger partial charge in [-0.15, -0.1) is 22.7 Å². The number of aromatic nitrogens is 4. The lowest BCUT2D eigenvalue weighted by atomic mass is 9.97. The molecule has 0 fully saturated rings. The Morgan fingerprint density at radius 2 is 1.15 bits per heavy atom. The van der Waals surface area contributed by atoms with Crippen LogP contribution in [0.5, 0.6) is 0 Å². The average molecular weight is 495 g/mol. The molecule has 2 aliphatic rings. The van der Waals surface area contributed by atoms with E-state index in [9.17, 15) is 0 Å². The number of aryl methyl sites for hydroxylation is 4. The van der Waals surface area contributed by atoms with Gasteiger partial charge in [0.25, 0.3) is 0 Å². The fourth-order valence-electron chi connectivity index (χ4n) is 5.25. The van der Waals surface area contributed by atoms with Gasteiger partial charge in [-0.2, -0.15) is 0 Å². The average Bonchev–Trinajstić information content (AvgIpc) is 3.44. The first-order valence-electron chi connectivity index (χ1n) is 12.5. The van der Waals surface area contributed by atoms with E-state index in [-0.39, 0.29) is 0 Å². The molecule has 8 heteroatoms. The number of fused-ring (bicyclic) bond motifs is 6. The van der Waals surface area contributed by atoms with Crippen LogP contribution in [0.1, 0.15) is 60.4 Å². The Labute approximate surface area is 210 Å². The van der Waals surface area contributed by atoms with E-state index in [1.807, 2.05) is 22.7 Å². The zero-order valence-electron chi connectivity index (χ0n) is 20.7. The van der Waals surface area contributed by atoms with Gasteiger partial charge in [0.05, 0.1) is 10.8 Å². The summed E-state index contributed by atoms with van der Waals surface area (Å²) in [6, 6.07) is 0. The molecule has 0 N–H and O–H groups in total. The van der Waals surface area contributed by atoms with E-state index in [0.717, 1.165) is 29.6 Å². The molecule has 0 saturated carbocycles. The highest BCUT2D eigenvalue weighted by Gasteiger charge is 2.22. The zero-order chi connectivity index (χ0) is 23.7. The number of nitrogens with zero attached hydrogens (tertiary/aromatic N) is 6. The number of rotatable bonds is 4. The van der Waals surface area contributed by atoms with Crippen LogP contribution in [0.2, 0.25) is 0 Å². The standard InChI is InChI=1S/C14H19N3S.C12H15N3S/c1-3-17(4-2)13-12-10-7-5-6-8-11(10)18-14(12)16-9-15-13;1-15(2)11-10-8-5-3-4-6-9(8)16-12(10)14-7-13-11/h9H,3-8H2,1-2H3;7H,3-6H2,1-2H3. The van der Waals surface area contributed by atoms with Crippen molar-refractivity contribution in [3.05, 3.63) is 33.5 Å². The third-order valence-electron chi connectivity index (χ3n) is 6.95. The summed E-state index contributed by atoms with van der Waals surface area (Å²) in [6.07, 6.45) is 13.5. The quantitative estimate of drug-likeness (QED) is 0.344. The van der Waals surface area contributed by atoms with E-state index in [1.54, 1.807) is 17.5 Å². The molecule has 0 spiro atoms. The first kappa shape index (κ1) is 23.4. The Hall–Kier alpha value is -2.32. The molecular weight excluding hydrogens is 460 g/mol. The third-order valence-corrected chi connectivity index (χ3v) is 9.35. The topological polar surface area (TPSA) is 58.0 Å². The lowest BCUT2D eigenvalue weighted by Gasteiger charge is -2.21. The highest BCUT2D eigenvalue weighted by molar-refractivity contribution is 7.19. The van der Waals surface area contributed by atoms with Gasteiger partial charge in [0.15, 0.2) is 0 Å². The second-order valence-electron chi connectivity index (χ2n) is 9.24. The molecule has 0 unspecified atom stereocenters. The van der Waals surface area contributed by atoms with Crippen molar-refractivity contribution in [2.45, 2.75) is 65.2 Å². The Kier molecular flexibility index (Phi) is 6.97. The van der Waals surface area contributed by atoms with E-state index < -0.39 is 0 Å². The van der Waals surface area contributed by atoms with Gasteiger partial charge in [0.2, 0.25) is 0 Å². The van der Waals surface area contributed by atoms with E-state index in [1.165, 1.54) is 83.0 Å². The first-order valence-corrected chi connectivity index (χ1v) is 14.2. The number of anilines is 2. The molecule has 6 rings (SSSR count). The van der Waals surface area contributed by atoms with Crippen LogP contribution in [0.4, 0.5) is 11.6 Å². The van der Waals surface area contributed by atoms with Crippen molar-refractivity contribution in [3.63, 3.8) is 0 Å². The van der Waals surface area contributed by atoms with E-state index in [2.05, 4.69) is 57.7 Å². The van der Waals surface area contributed by atoms with Crippen molar-refractivity contribution >= 4 is 54.7 Å². The summed E-state index contributed by atoms with van der Waals surface area (Å²) in [4.78, 5) is 27.7. The molecule has 0 aromatic carbocycles. The van der Waals surface area contributed by atoms with Crippen LogP contribution in [0, 0.1) is 0 Å². The van der Waals surface area contributed by atoms with Crippen molar-refractivity contribution < 1.29 is 0 Å². The van der Waals surface area contributed by atoms with Crippen LogP contribution in [0.25, 0.3) is 20.4 Å². The van der Waals surface area contributed by atoms with Gasteiger partial charge in [-0.25, -0.2) is 19.9 Å². The van der Waals surface area contributed by atoms with E-state index >= 15 is 0 Å². The number of thiophene rings is 2. The summed E-state index contributed by atoms with van der Waals surface area (Å²) in [7, 11) is 4.10. The molecule has 2 aliphatic carbocycles. The van der Waals surface area contributed by atoms with Crippen LogP contribution in [-0.2, 0) is 25.7 Å². The van der Waals surface area contributed by atoms with E-state index in [4.69, 9.17) is 0 Å². The fourth-order valence-corrected chi connectivity index (χ4v) is 7.70. The highest BCUT2D eigenvalue weighted by Crippen LogP contribution is 2.40. The molecule has 0 atom stereocenters. The SMILES string of the molecule is CCN(CC)c1ncnc2sc3c(c12)CCCC3.CN(C)c1ncnc2sc3c(c12)CCCC3. The smallest absolute Gasteiger partial charge is 0.141 e.